The average Bonchev–Trinajstić information content (AvgIpc) is 3.13. The van der Waals surface area contributed by atoms with Gasteiger partial charge in [-0.1, -0.05) is 25.0 Å². The molecule has 0 bridgehead atoms. The summed E-state index contributed by atoms with van der Waals surface area (Å²) in [6, 6.07) is 7.55. The molecule has 0 radical (unpaired) electrons. The molecule has 3 rings (SSSR count). The lowest BCUT2D eigenvalue weighted by molar-refractivity contribution is -0.124. The van der Waals surface area contributed by atoms with Gasteiger partial charge in [-0.05, 0) is 44.4 Å². The summed E-state index contributed by atoms with van der Waals surface area (Å²) in [6.45, 7) is 5.76. The molecule has 2 atom stereocenters. The van der Waals surface area contributed by atoms with Gasteiger partial charge >= 0.3 is 0 Å². The number of ether oxygens (including phenoxy) is 1. The maximum Gasteiger partial charge on any atom is 0.254 e. The van der Waals surface area contributed by atoms with E-state index < -0.39 is 0 Å². The van der Waals surface area contributed by atoms with E-state index in [0.29, 0.717) is 25.2 Å². The molecular formula is C20H28N2O3. The molecule has 0 aromatic heterocycles. The largest absolute Gasteiger partial charge is 0.372 e. The van der Waals surface area contributed by atoms with Gasteiger partial charge in [0.2, 0.25) is 5.91 Å². The number of benzene rings is 1. The number of amides is 2. The number of nitrogens with zero attached hydrogens (tertiary/aromatic N) is 1. The van der Waals surface area contributed by atoms with E-state index in [-0.39, 0.29) is 29.9 Å². The Bertz CT molecular complexity index is 598. The second-order valence-electron chi connectivity index (χ2n) is 7.36. The van der Waals surface area contributed by atoms with Gasteiger partial charge in [0.1, 0.15) is 0 Å². The normalized spacial score (nSPS) is 24.3. The van der Waals surface area contributed by atoms with Crippen LogP contribution in [-0.2, 0) is 16.1 Å². The molecule has 2 fully saturated rings. The summed E-state index contributed by atoms with van der Waals surface area (Å²) in [7, 11) is 0. The number of hydrogen-bond acceptors (Lipinski definition) is 3. The van der Waals surface area contributed by atoms with E-state index in [9.17, 15) is 9.59 Å². The fourth-order valence-electron chi connectivity index (χ4n) is 3.81. The van der Waals surface area contributed by atoms with Crippen molar-refractivity contribution in [3.05, 3.63) is 35.4 Å². The molecule has 0 unspecified atom stereocenters. The third-order valence-corrected chi connectivity index (χ3v) is 5.10. The first-order valence-corrected chi connectivity index (χ1v) is 9.34. The van der Waals surface area contributed by atoms with Crippen LogP contribution < -0.4 is 5.32 Å². The van der Waals surface area contributed by atoms with Gasteiger partial charge in [0, 0.05) is 31.1 Å². The van der Waals surface area contributed by atoms with Crippen LogP contribution in [0, 0.1) is 5.92 Å². The third kappa shape index (κ3) is 4.60. The second-order valence-corrected chi connectivity index (χ2v) is 7.36. The molecule has 2 amide bonds. The third-order valence-electron chi connectivity index (χ3n) is 5.10. The maximum atomic E-state index is 12.6. The Balaban J connectivity index is 1.54. The molecule has 2 aliphatic rings. The topological polar surface area (TPSA) is 58.6 Å². The van der Waals surface area contributed by atoms with E-state index in [4.69, 9.17) is 4.74 Å². The van der Waals surface area contributed by atoms with Crippen LogP contribution in [0.2, 0.25) is 0 Å². The van der Waals surface area contributed by atoms with Crippen molar-refractivity contribution in [3.63, 3.8) is 0 Å². The van der Waals surface area contributed by atoms with Crippen LogP contribution in [0.4, 0.5) is 0 Å². The van der Waals surface area contributed by atoms with Gasteiger partial charge < -0.3 is 15.0 Å². The summed E-state index contributed by atoms with van der Waals surface area (Å²) >= 11 is 0. The highest BCUT2D eigenvalue weighted by Gasteiger charge is 2.26. The van der Waals surface area contributed by atoms with E-state index in [2.05, 4.69) is 5.32 Å². The Morgan fingerprint density at radius 3 is 2.28 bits per heavy atom. The molecule has 5 nitrogen and oxygen atoms in total. The Kier molecular flexibility index (Phi) is 5.74. The number of morpholine rings is 1. The first kappa shape index (κ1) is 17.9. The van der Waals surface area contributed by atoms with Gasteiger partial charge in [-0.2, -0.15) is 0 Å². The average molecular weight is 344 g/mol. The van der Waals surface area contributed by atoms with E-state index in [0.717, 1.165) is 31.2 Å². The highest BCUT2D eigenvalue weighted by molar-refractivity contribution is 5.94. The minimum atomic E-state index is 0.0449. The standard InChI is InChI=1S/C20H28N2O3/c1-14-12-22(13-15(2)25-14)20(24)18-9-7-16(8-10-18)11-21-19(23)17-5-3-4-6-17/h7-10,14-15,17H,3-6,11-13H2,1-2H3,(H,21,23)/t14-,15-/m1/s1. The Labute approximate surface area is 149 Å². The fourth-order valence-corrected chi connectivity index (χ4v) is 3.81. The maximum absolute atomic E-state index is 12.6. The summed E-state index contributed by atoms with van der Waals surface area (Å²) in [6.07, 6.45) is 4.47. The van der Waals surface area contributed by atoms with Crippen molar-refractivity contribution in [2.45, 2.75) is 58.3 Å². The van der Waals surface area contributed by atoms with Crippen LogP contribution in [0.5, 0.6) is 0 Å². The second kappa shape index (κ2) is 8.00. The zero-order valence-corrected chi connectivity index (χ0v) is 15.2. The minimum absolute atomic E-state index is 0.0449. The molecule has 1 aromatic rings. The molecule has 136 valence electrons. The first-order chi connectivity index (χ1) is 12.0. The van der Waals surface area contributed by atoms with Gasteiger partial charge in [-0.15, -0.1) is 0 Å². The molecule has 1 aromatic carbocycles. The molecule has 1 saturated carbocycles. The molecule has 1 N–H and O–H groups in total. The summed E-state index contributed by atoms with van der Waals surface area (Å²) in [5.41, 5.74) is 1.71. The lowest BCUT2D eigenvalue weighted by atomic mass is 10.1. The number of carbonyl (C=O) groups is 2. The number of rotatable bonds is 4. The Morgan fingerprint density at radius 1 is 1.08 bits per heavy atom. The Hall–Kier alpha value is -1.88. The highest BCUT2D eigenvalue weighted by Crippen LogP contribution is 2.24. The lowest BCUT2D eigenvalue weighted by Crippen LogP contribution is -2.48. The van der Waals surface area contributed by atoms with Crippen molar-refractivity contribution < 1.29 is 14.3 Å². The molecular weight excluding hydrogens is 316 g/mol. The smallest absolute Gasteiger partial charge is 0.254 e. The number of hydrogen-bond donors (Lipinski definition) is 1. The van der Waals surface area contributed by atoms with Gasteiger partial charge in [-0.25, -0.2) is 0 Å². The zero-order valence-electron chi connectivity index (χ0n) is 15.2. The molecule has 1 aliphatic carbocycles. The zero-order chi connectivity index (χ0) is 17.8. The van der Waals surface area contributed by atoms with Crippen molar-refractivity contribution in [2.75, 3.05) is 13.1 Å². The lowest BCUT2D eigenvalue weighted by Gasteiger charge is -2.35. The SMILES string of the molecule is C[C@@H]1CN(C(=O)c2ccc(CNC(=O)C3CCCC3)cc2)C[C@@H](C)O1. The van der Waals surface area contributed by atoms with Crippen molar-refractivity contribution >= 4 is 11.8 Å². The first-order valence-electron chi connectivity index (χ1n) is 9.34. The van der Waals surface area contributed by atoms with Crippen LogP contribution in [0.25, 0.3) is 0 Å². The number of carbonyl (C=O) groups excluding carboxylic acids is 2. The van der Waals surface area contributed by atoms with Crippen molar-refractivity contribution in [3.8, 4) is 0 Å². The van der Waals surface area contributed by atoms with Gasteiger partial charge in [0.05, 0.1) is 12.2 Å². The van der Waals surface area contributed by atoms with E-state index >= 15 is 0 Å². The predicted octanol–water partition coefficient (Wildman–Crippen LogP) is 2.74. The molecule has 25 heavy (non-hydrogen) atoms. The van der Waals surface area contributed by atoms with Gasteiger partial charge in [0.25, 0.3) is 5.91 Å². The number of nitrogens with one attached hydrogen (secondary N) is 1. The molecule has 1 saturated heterocycles. The molecule has 1 aliphatic heterocycles. The van der Waals surface area contributed by atoms with E-state index in [1.807, 2.05) is 43.0 Å². The summed E-state index contributed by atoms with van der Waals surface area (Å²) in [5.74, 6) is 0.392. The quantitative estimate of drug-likeness (QED) is 0.914. The minimum Gasteiger partial charge on any atom is -0.372 e. The van der Waals surface area contributed by atoms with Crippen LogP contribution >= 0.6 is 0 Å². The van der Waals surface area contributed by atoms with Crippen molar-refractivity contribution in [1.29, 1.82) is 0 Å². The van der Waals surface area contributed by atoms with Crippen LogP contribution in [0.15, 0.2) is 24.3 Å². The highest BCUT2D eigenvalue weighted by atomic mass is 16.5. The van der Waals surface area contributed by atoms with Gasteiger partial charge in [0.15, 0.2) is 0 Å². The van der Waals surface area contributed by atoms with Crippen LogP contribution in [-0.4, -0.2) is 42.0 Å². The molecule has 5 heteroatoms. The van der Waals surface area contributed by atoms with Crippen LogP contribution in [0.3, 0.4) is 0 Å². The van der Waals surface area contributed by atoms with Crippen molar-refractivity contribution in [1.82, 2.24) is 10.2 Å². The van der Waals surface area contributed by atoms with E-state index in [1.54, 1.807) is 0 Å². The summed E-state index contributed by atoms with van der Waals surface area (Å²) in [5, 5.41) is 3.01. The fraction of sp³-hybridized carbons (Fsp3) is 0.600. The Morgan fingerprint density at radius 2 is 1.68 bits per heavy atom. The van der Waals surface area contributed by atoms with Crippen LogP contribution in [0.1, 0.15) is 55.5 Å². The monoisotopic (exact) mass is 344 g/mol. The van der Waals surface area contributed by atoms with E-state index in [1.165, 1.54) is 0 Å². The molecule has 1 heterocycles. The summed E-state index contributed by atoms with van der Waals surface area (Å²) in [4.78, 5) is 26.6. The summed E-state index contributed by atoms with van der Waals surface area (Å²) < 4.78 is 5.68. The van der Waals surface area contributed by atoms with Gasteiger partial charge in [-0.3, -0.25) is 9.59 Å². The molecule has 0 spiro atoms. The predicted molar refractivity (Wildman–Crippen MR) is 96.2 cm³/mol. The van der Waals surface area contributed by atoms with Crippen molar-refractivity contribution in [2.24, 2.45) is 5.92 Å².